The first kappa shape index (κ1) is 14.5. The summed E-state index contributed by atoms with van der Waals surface area (Å²) in [7, 11) is 0. The van der Waals surface area contributed by atoms with Gasteiger partial charge in [-0.05, 0) is 54.8 Å². The molecule has 0 N–H and O–H groups in total. The molecule has 1 aliphatic carbocycles. The van der Waals surface area contributed by atoms with Crippen molar-refractivity contribution >= 4 is 15.9 Å². The molecule has 0 amide bonds. The maximum Gasteiger partial charge on any atom is 0.00596 e. The summed E-state index contributed by atoms with van der Waals surface area (Å²) in [6.45, 7) is 12.1. The van der Waals surface area contributed by atoms with Crippen LogP contribution in [0.25, 0.3) is 0 Å². The van der Waals surface area contributed by atoms with Crippen molar-refractivity contribution in [2.24, 2.45) is 29.1 Å². The number of alkyl halides is 1. The molecule has 0 nitrogen and oxygen atoms in total. The van der Waals surface area contributed by atoms with Crippen LogP contribution in [0, 0.1) is 29.1 Å². The van der Waals surface area contributed by atoms with Crippen LogP contribution in [-0.2, 0) is 0 Å². The van der Waals surface area contributed by atoms with E-state index < -0.39 is 0 Å². The van der Waals surface area contributed by atoms with E-state index in [1.807, 2.05) is 0 Å². The number of hydrogen-bond acceptors (Lipinski definition) is 0. The molecule has 0 aliphatic heterocycles. The lowest BCUT2D eigenvalue weighted by molar-refractivity contribution is 0.115. The van der Waals surface area contributed by atoms with E-state index in [0.717, 1.165) is 29.0 Å². The third kappa shape index (κ3) is 3.75. The van der Waals surface area contributed by atoms with Crippen LogP contribution in [0.15, 0.2) is 0 Å². The molecule has 1 rings (SSSR count). The molecule has 0 bridgehead atoms. The van der Waals surface area contributed by atoms with Crippen molar-refractivity contribution in [3.63, 3.8) is 0 Å². The highest BCUT2D eigenvalue weighted by Crippen LogP contribution is 2.43. The highest BCUT2D eigenvalue weighted by Gasteiger charge is 2.32. The van der Waals surface area contributed by atoms with Gasteiger partial charge in [-0.3, -0.25) is 0 Å². The summed E-state index contributed by atoms with van der Waals surface area (Å²) in [4.78, 5) is 0. The third-order valence-corrected chi connectivity index (χ3v) is 5.90. The van der Waals surface area contributed by atoms with Crippen molar-refractivity contribution in [1.29, 1.82) is 0 Å². The summed E-state index contributed by atoms with van der Waals surface area (Å²) < 4.78 is 0. The smallest absolute Gasteiger partial charge is 0.00596 e. The SMILES string of the molecule is CC(CBr)C(C)C1CCC(C(C)(C)C)CC1. The van der Waals surface area contributed by atoms with Crippen molar-refractivity contribution < 1.29 is 0 Å². The van der Waals surface area contributed by atoms with Gasteiger partial charge in [0.1, 0.15) is 0 Å². The van der Waals surface area contributed by atoms with E-state index in [-0.39, 0.29) is 0 Å². The van der Waals surface area contributed by atoms with Crippen LogP contribution in [0.5, 0.6) is 0 Å². The fourth-order valence-corrected chi connectivity index (χ4v) is 3.71. The fraction of sp³-hybridized carbons (Fsp3) is 1.00. The Bertz CT molecular complexity index is 196. The minimum absolute atomic E-state index is 0.523. The summed E-state index contributed by atoms with van der Waals surface area (Å²) in [5.74, 6) is 3.65. The largest absolute Gasteiger partial charge is 0.0925 e. The summed E-state index contributed by atoms with van der Waals surface area (Å²) in [5.41, 5.74) is 0.523. The van der Waals surface area contributed by atoms with Gasteiger partial charge in [-0.2, -0.15) is 0 Å². The molecule has 1 saturated carbocycles. The first-order valence-corrected chi connectivity index (χ1v) is 8.04. The van der Waals surface area contributed by atoms with Crippen molar-refractivity contribution in [1.82, 2.24) is 0 Å². The Labute approximate surface area is 111 Å². The fourth-order valence-electron chi connectivity index (χ4n) is 3.12. The molecule has 1 fully saturated rings. The van der Waals surface area contributed by atoms with E-state index in [4.69, 9.17) is 0 Å². The molecular formula is C15H29Br. The Morgan fingerprint density at radius 3 is 1.94 bits per heavy atom. The molecule has 2 unspecified atom stereocenters. The van der Waals surface area contributed by atoms with E-state index >= 15 is 0 Å². The van der Waals surface area contributed by atoms with Gasteiger partial charge < -0.3 is 0 Å². The van der Waals surface area contributed by atoms with Gasteiger partial charge in [-0.25, -0.2) is 0 Å². The molecule has 0 aromatic carbocycles. The second-order valence-corrected chi connectivity index (χ2v) is 7.62. The van der Waals surface area contributed by atoms with Crippen LogP contribution in [0.1, 0.15) is 60.3 Å². The van der Waals surface area contributed by atoms with Crippen molar-refractivity contribution in [2.75, 3.05) is 5.33 Å². The van der Waals surface area contributed by atoms with E-state index in [1.165, 1.54) is 25.7 Å². The highest BCUT2D eigenvalue weighted by molar-refractivity contribution is 9.09. The first-order valence-electron chi connectivity index (χ1n) is 6.92. The summed E-state index contributed by atoms with van der Waals surface area (Å²) in [6, 6.07) is 0. The number of hydrogen-bond donors (Lipinski definition) is 0. The molecule has 96 valence electrons. The standard InChI is InChI=1S/C15H29Br/c1-11(10-16)12(2)13-6-8-14(9-7-13)15(3,4)5/h11-14H,6-10H2,1-5H3. The zero-order valence-corrected chi connectivity index (χ0v) is 13.3. The van der Waals surface area contributed by atoms with Gasteiger partial charge in [0.2, 0.25) is 0 Å². The molecule has 0 radical (unpaired) electrons. The lowest BCUT2D eigenvalue weighted by Gasteiger charge is -2.40. The molecule has 2 atom stereocenters. The van der Waals surface area contributed by atoms with Crippen molar-refractivity contribution in [3.05, 3.63) is 0 Å². The van der Waals surface area contributed by atoms with Crippen LogP contribution in [-0.4, -0.2) is 5.33 Å². The van der Waals surface area contributed by atoms with Crippen LogP contribution in [0.2, 0.25) is 0 Å². The van der Waals surface area contributed by atoms with Crippen LogP contribution in [0.4, 0.5) is 0 Å². The second kappa shape index (κ2) is 5.89. The zero-order chi connectivity index (χ0) is 12.3. The maximum atomic E-state index is 3.63. The normalized spacial score (nSPS) is 31.1. The molecule has 1 heteroatoms. The maximum absolute atomic E-state index is 3.63. The Hall–Kier alpha value is 0.480. The zero-order valence-electron chi connectivity index (χ0n) is 11.7. The predicted octanol–water partition coefficient (Wildman–Crippen LogP) is 5.51. The molecule has 0 heterocycles. The second-order valence-electron chi connectivity index (χ2n) is 6.97. The molecule has 0 saturated heterocycles. The molecule has 16 heavy (non-hydrogen) atoms. The lowest BCUT2D eigenvalue weighted by atomic mass is 9.66. The van der Waals surface area contributed by atoms with Gasteiger partial charge in [0.15, 0.2) is 0 Å². The Balaban J connectivity index is 2.43. The van der Waals surface area contributed by atoms with Crippen molar-refractivity contribution in [2.45, 2.75) is 60.3 Å². The quantitative estimate of drug-likeness (QED) is 0.601. The van der Waals surface area contributed by atoms with Gasteiger partial charge in [0.25, 0.3) is 0 Å². The topological polar surface area (TPSA) is 0 Å². The van der Waals surface area contributed by atoms with Gasteiger partial charge in [0, 0.05) is 5.33 Å². The first-order chi connectivity index (χ1) is 7.36. The van der Waals surface area contributed by atoms with Gasteiger partial charge in [-0.1, -0.05) is 50.5 Å². The van der Waals surface area contributed by atoms with Crippen LogP contribution < -0.4 is 0 Å². The Kier molecular flexibility index (Phi) is 5.35. The summed E-state index contributed by atoms with van der Waals surface area (Å²) >= 11 is 3.63. The average Bonchev–Trinajstić information content (AvgIpc) is 2.26. The molecule has 0 aromatic rings. The van der Waals surface area contributed by atoms with Gasteiger partial charge in [-0.15, -0.1) is 0 Å². The van der Waals surface area contributed by atoms with Gasteiger partial charge in [0.05, 0.1) is 0 Å². The number of rotatable bonds is 3. The third-order valence-electron chi connectivity index (χ3n) is 4.88. The van der Waals surface area contributed by atoms with E-state index in [2.05, 4.69) is 50.5 Å². The summed E-state index contributed by atoms with van der Waals surface area (Å²) in [6.07, 6.45) is 5.82. The molecule has 1 aliphatic rings. The molecule has 0 aromatic heterocycles. The van der Waals surface area contributed by atoms with Crippen LogP contribution in [0.3, 0.4) is 0 Å². The minimum Gasteiger partial charge on any atom is -0.0925 e. The lowest BCUT2D eigenvalue weighted by Crippen LogP contribution is -2.30. The van der Waals surface area contributed by atoms with E-state index in [9.17, 15) is 0 Å². The Morgan fingerprint density at radius 1 is 1.06 bits per heavy atom. The summed E-state index contributed by atoms with van der Waals surface area (Å²) in [5, 5.41) is 1.16. The number of halogens is 1. The van der Waals surface area contributed by atoms with Crippen molar-refractivity contribution in [3.8, 4) is 0 Å². The van der Waals surface area contributed by atoms with E-state index in [0.29, 0.717) is 5.41 Å². The van der Waals surface area contributed by atoms with E-state index in [1.54, 1.807) is 0 Å². The monoisotopic (exact) mass is 288 g/mol. The highest BCUT2D eigenvalue weighted by atomic mass is 79.9. The molecule has 0 spiro atoms. The van der Waals surface area contributed by atoms with Crippen LogP contribution >= 0.6 is 15.9 Å². The molecular weight excluding hydrogens is 260 g/mol. The minimum atomic E-state index is 0.523. The predicted molar refractivity (Wildman–Crippen MR) is 77.0 cm³/mol. The van der Waals surface area contributed by atoms with Gasteiger partial charge >= 0.3 is 0 Å². The average molecular weight is 289 g/mol. The Morgan fingerprint density at radius 2 is 1.56 bits per heavy atom.